The van der Waals surface area contributed by atoms with Crippen LogP contribution in [0.15, 0.2) is 40.6 Å². The number of likely N-dealkylation sites (tertiary alicyclic amines) is 1. The Bertz CT molecular complexity index is 2670. The Morgan fingerprint density at radius 1 is 1.15 bits per heavy atom. The summed E-state index contributed by atoms with van der Waals surface area (Å²) in [4.78, 5) is 44.7. The molecule has 5 heterocycles. The maximum absolute atomic E-state index is 14.2. The molecule has 7 rings (SSSR count). The molecule has 2 fully saturated rings. The maximum Gasteiger partial charge on any atom is 0.267 e. The Labute approximate surface area is 324 Å². The lowest BCUT2D eigenvalue weighted by molar-refractivity contribution is -0.127. The molecule has 0 unspecified atom stereocenters. The number of nitrogens with zero attached hydrogens (tertiary/aromatic N) is 7. The van der Waals surface area contributed by atoms with E-state index in [1.165, 1.54) is 22.1 Å². The lowest BCUT2D eigenvalue weighted by atomic mass is 9.85. The molecule has 1 saturated carbocycles. The van der Waals surface area contributed by atoms with Crippen molar-refractivity contribution in [2.24, 2.45) is 0 Å². The lowest BCUT2D eigenvalue weighted by Gasteiger charge is -2.46. The first-order valence-electron chi connectivity index (χ1n) is 17.4. The molecule has 1 aromatic carbocycles. The molecule has 1 N–H and O–H groups in total. The summed E-state index contributed by atoms with van der Waals surface area (Å²) in [6, 6.07) is 9.02. The minimum absolute atomic E-state index is 0.000366. The van der Waals surface area contributed by atoms with Crippen molar-refractivity contribution in [3.05, 3.63) is 79.4 Å². The predicted octanol–water partition coefficient (Wildman–Crippen LogP) is 5.65. The summed E-state index contributed by atoms with van der Waals surface area (Å²) in [7, 11) is -1.95. The fraction of sp³-hybridized carbons (Fsp3) is 0.368. The Morgan fingerprint density at radius 3 is 2.55 bits per heavy atom. The van der Waals surface area contributed by atoms with Crippen LogP contribution in [-0.2, 0) is 16.6 Å². The number of sulfonamides is 1. The van der Waals surface area contributed by atoms with Crippen LogP contribution in [0.1, 0.15) is 58.7 Å². The van der Waals surface area contributed by atoms with Crippen LogP contribution in [0, 0.1) is 37.0 Å². The van der Waals surface area contributed by atoms with E-state index in [4.69, 9.17) is 21.6 Å². The van der Waals surface area contributed by atoms with E-state index in [0.717, 1.165) is 6.26 Å². The highest BCUT2D eigenvalue weighted by Crippen LogP contribution is 2.42. The second kappa shape index (κ2) is 14.6. The van der Waals surface area contributed by atoms with Gasteiger partial charge in [-0.2, -0.15) is 5.26 Å². The van der Waals surface area contributed by atoms with Crippen molar-refractivity contribution >= 4 is 65.8 Å². The monoisotopic (exact) mass is 804 g/mol. The number of hydrogen-bond donors (Lipinski definition) is 1. The van der Waals surface area contributed by atoms with Crippen LogP contribution < -0.4 is 15.2 Å². The van der Waals surface area contributed by atoms with E-state index < -0.39 is 27.4 Å². The Hall–Kier alpha value is -5.00. The Balaban J connectivity index is 1.19. The van der Waals surface area contributed by atoms with Gasteiger partial charge in [-0.15, -0.1) is 11.3 Å². The molecule has 17 heteroatoms. The zero-order valence-corrected chi connectivity index (χ0v) is 32.7. The van der Waals surface area contributed by atoms with Crippen LogP contribution in [0.3, 0.4) is 0 Å². The molecule has 0 radical (unpaired) electrons. The first-order chi connectivity index (χ1) is 26.0. The normalized spacial score (nSPS) is 16.3. The number of nitrogens with one attached hydrogen (secondary N) is 1. The van der Waals surface area contributed by atoms with E-state index in [-0.39, 0.29) is 48.0 Å². The van der Waals surface area contributed by atoms with Gasteiger partial charge in [-0.05, 0) is 51.0 Å². The second-order valence-corrected chi connectivity index (χ2v) is 17.0. The number of carbonyl (C=O) groups is 1. The first-order valence-corrected chi connectivity index (χ1v) is 20.5. The largest absolute Gasteiger partial charge is 0.355 e. The summed E-state index contributed by atoms with van der Waals surface area (Å²) < 4.78 is 54.5. The molecule has 0 atom stereocenters. The van der Waals surface area contributed by atoms with Crippen LogP contribution in [-0.4, -0.2) is 83.1 Å². The number of rotatable bonds is 7. The molecule has 0 spiro atoms. The number of amides is 1. The SMILES string of the molecule is Cc1nc(N(C)C2CCN(C3CC(F)(F)C3)CC2)c(C#N)c2c(=O)n(CC#Cc3ccc(Cl)cc3-c3ccnc4c(C(=O)NS(C)(=O)=O)csc34)c(C)nc12. The van der Waals surface area contributed by atoms with Gasteiger partial charge in [0.15, 0.2) is 0 Å². The number of piperidine rings is 1. The molecule has 4 aromatic heterocycles. The van der Waals surface area contributed by atoms with Gasteiger partial charge in [-0.3, -0.25) is 24.0 Å². The number of carbonyl (C=O) groups excluding carboxylic acids is 1. The summed E-state index contributed by atoms with van der Waals surface area (Å²) >= 11 is 7.65. The third-order valence-electron chi connectivity index (χ3n) is 10.2. The van der Waals surface area contributed by atoms with Gasteiger partial charge in [0.2, 0.25) is 10.0 Å². The van der Waals surface area contributed by atoms with Crippen LogP contribution in [0.25, 0.3) is 32.2 Å². The van der Waals surface area contributed by atoms with Crippen LogP contribution >= 0.6 is 22.9 Å². The van der Waals surface area contributed by atoms with Gasteiger partial charge in [0.1, 0.15) is 28.8 Å². The molecule has 5 aromatic rings. The molecular weight excluding hydrogens is 770 g/mol. The third kappa shape index (κ3) is 7.52. The summed E-state index contributed by atoms with van der Waals surface area (Å²) in [5.41, 5.74) is 2.85. The second-order valence-electron chi connectivity index (χ2n) is 14.0. The smallest absolute Gasteiger partial charge is 0.267 e. The maximum atomic E-state index is 14.2. The average molecular weight is 805 g/mol. The number of nitriles is 1. The van der Waals surface area contributed by atoms with Crippen molar-refractivity contribution in [3.63, 3.8) is 0 Å². The number of fused-ring (bicyclic) bond motifs is 2. The zero-order chi connectivity index (χ0) is 39.4. The number of benzene rings is 1. The number of halogens is 3. The summed E-state index contributed by atoms with van der Waals surface area (Å²) in [6.45, 7) is 4.72. The average Bonchev–Trinajstić information content (AvgIpc) is 3.57. The van der Waals surface area contributed by atoms with E-state index in [9.17, 15) is 32.0 Å². The Morgan fingerprint density at radius 2 is 1.87 bits per heavy atom. The van der Waals surface area contributed by atoms with Gasteiger partial charge >= 0.3 is 0 Å². The molecule has 284 valence electrons. The van der Waals surface area contributed by atoms with Gasteiger partial charge in [0, 0.05) is 78.4 Å². The molecule has 12 nitrogen and oxygen atoms in total. The summed E-state index contributed by atoms with van der Waals surface area (Å²) in [5, 5.41) is 12.6. The molecule has 1 aliphatic carbocycles. The highest BCUT2D eigenvalue weighted by atomic mass is 35.5. The van der Waals surface area contributed by atoms with Crippen molar-refractivity contribution in [1.82, 2.24) is 29.1 Å². The Kier molecular flexibility index (Phi) is 10.1. The van der Waals surface area contributed by atoms with Gasteiger partial charge in [0.25, 0.3) is 17.4 Å². The highest BCUT2D eigenvalue weighted by molar-refractivity contribution is 7.89. The lowest BCUT2D eigenvalue weighted by Crippen LogP contribution is -2.55. The quantitative estimate of drug-likeness (QED) is 0.204. The number of anilines is 1. The number of alkyl halides is 2. The molecule has 1 saturated heterocycles. The van der Waals surface area contributed by atoms with Crippen LogP contribution in [0.2, 0.25) is 5.02 Å². The standard InChI is InChI=1S/C38H35ClF2N8O4S2/c1-21-32-31(29(19-42)35(44-21)47(3)25-10-14-48(15-11-25)26-17-38(40,41)18-26)37(51)49(22(2)45-32)13-5-6-23-7-8-24(39)16-28(23)27-9-12-43-33-30(20-54-34(27)33)36(50)46-55(4,52)53/h7-9,12,16,20,25-26H,10-11,13-15,17-18H2,1-4H3,(H,46,50). The molecule has 1 amide bonds. The van der Waals surface area contributed by atoms with Crippen molar-refractivity contribution < 1.29 is 22.0 Å². The summed E-state index contributed by atoms with van der Waals surface area (Å²) in [6.07, 6.45) is 3.61. The summed E-state index contributed by atoms with van der Waals surface area (Å²) in [5.74, 6) is 3.63. The fourth-order valence-corrected chi connectivity index (χ4v) is 9.02. The van der Waals surface area contributed by atoms with Crippen molar-refractivity contribution in [2.45, 2.75) is 64.1 Å². The van der Waals surface area contributed by atoms with Crippen molar-refractivity contribution in [2.75, 3.05) is 31.3 Å². The first kappa shape index (κ1) is 38.3. The minimum atomic E-state index is -3.80. The molecule has 0 bridgehead atoms. The zero-order valence-electron chi connectivity index (χ0n) is 30.3. The van der Waals surface area contributed by atoms with Gasteiger partial charge in [0.05, 0.1) is 39.7 Å². The third-order valence-corrected chi connectivity index (χ3v) is 12.0. The van der Waals surface area contributed by atoms with Crippen LogP contribution in [0.4, 0.5) is 14.6 Å². The minimum Gasteiger partial charge on any atom is -0.355 e. The number of thiophene rings is 1. The predicted molar refractivity (Wildman–Crippen MR) is 208 cm³/mol. The van der Waals surface area contributed by atoms with Gasteiger partial charge in [-0.25, -0.2) is 31.9 Å². The van der Waals surface area contributed by atoms with E-state index >= 15 is 0 Å². The van der Waals surface area contributed by atoms with E-state index in [1.54, 1.807) is 43.5 Å². The molecular formula is C38H35ClF2N8O4S2. The van der Waals surface area contributed by atoms with E-state index in [0.29, 0.717) is 80.7 Å². The van der Waals surface area contributed by atoms with Gasteiger partial charge in [-0.1, -0.05) is 23.4 Å². The topological polar surface area (TPSA) is 154 Å². The van der Waals surface area contributed by atoms with Crippen molar-refractivity contribution in [3.8, 4) is 29.0 Å². The molecule has 2 aliphatic rings. The number of aryl methyl sites for hydroxylation is 2. The molecule has 55 heavy (non-hydrogen) atoms. The molecule has 1 aliphatic heterocycles. The number of hydrogen-bond acceptors (Lipinski definition) is 11. The fourth-order valence-electron chi connectivity index (χ4n) is 7.37. The van der Waals surface area contributed by atoms with E-state index in [1.807, 2.05) is 16.7 Å². The van der Waals surface area contributed by atoms with Crippen LogP contribution in [0.5, 0.6) is 0 Å². The van der Waals surface area contributed by atoms with Crippen molar-refractivity contribution in [1.29, 1.82) is 5.26 Å². The highest BCUT2D eigenvalue weighted by Gasteiger charge is 2.48. The van der Waals surface area contributed by atoms with E-state index in [2.05, 4.69) is 27.8 Å². The number of aromatic nitrogens is 4. The van der Waals surface area contributed by atoms with Gasteiger partial charge < -0.3 is 4.90 Å². The number of pyridine rings is 2.